The van der Waals surface area contributed by atoms with Gasteiger partial charge in [-0.1, -0.05) is 66.2 Å². The van der Waals surface area contributed by atoms with Crippen LogP contribution in [0.25, 0.3) is 0 Å². The normalized spacial score (nSPS) is 17.1. The summed E-state index contributed by atoms with van der Waals surface area (Å²) in [5.41, 5.74) is 0.244. The molecule has 0 aromatic heterocycles. The number of benzene rings is 1. The van der Waals surface area contributed by atoms with Crippen molar-refractivity contribution in [2.24, 2.45) is 11.8 Å². The molecule has 10 heteroatoms. The molecule has 1 aromatic carbocycles. The third-order valence-electron chi connectivity index (χ3n) is 8.34. The van der Waals surface area contributed by atoms with Crippen molar-refractivity contribution in [1.82, 2.24) is 0 Å². The van der Waals surface area contributed by atoms with Crippen LogP contribution in [0, 0.1) is 11.8 Å². The summed E-state index contributed by atoms with van der Waals surface area (Å²) < 4.78 is 36.0. The number of hydrogen-bond donors (Lipinski definition) is 2. The highest BCUT2D eigenvalue weighted by Gasteiger charge is 2.31. The first-order chi connectivity index (χ1) is 21.8. The number of ether oxygens (including phenoxy) is 6. The smallest absolute Gasteiger partial charge is 0.336 e. The van der Waals surface area contributed by atoms with E-state index in [4.69, 9.17) is 28.4 Å². The minimum Gasteiger partial charge on any atom is -0.478 e. The molecular weight excluding hydrogens is 592 g/mol. The van der Waals surface area contributed by atoms with E-state index in [1.807, 2.05) is 0 Å². The topological polar surface area (TPSA) is 130 Å². The van der Waals surface area contributed by atoms with Gasteiger partial charge in [-0.15, -0.1) is 0 Å². The van der Waals surface area contributed by atoms with Crippen LogP contribution >= 0.6 is 0 Å². The fourth-order valence-electron chi connectivity index (χ4n) is 5.62. The molecule has 46 heavy (non-hydrogen) atoms. The van der Waals surface area contributed by atoms with Gasteiger partial charge in [-0.05, 0) is 78.4 Å². The molecule has 266 valence electrons. The number of carbonyl (C=O) groups is 2. The second-order valence-electron chi connectivity index (χ2n) is 12.2. The minimum atomic E-state index is -1.21. The number of carboxylic acid groups (broad SMARTS) is 2. The molecule has 0 saturated heterocycles. The second kappa shape index (κ2) is 22.5. The Morgan fingerprint density at radius 1 is 0.587 bits per heavy atom. The summed E-state index contributed by atoms with van der Waals surface area (Å²) in [5, 5.41) is 20.2. The van der Waals surface area contributed by atoms with E-state index in [0.717, 1.165) is 51.4 Å². The van der Waals surface area contributed by atoms with Crippen LogP contribution < -0.4 is 0 Å². The molecule has 8 unspecified atom stereocenters. The molecule has 0 fully saturated rings. The van der Waals surface area contributed by atoms with Crippen molar-refractivity contribution >= 4 is 11.9 Å². The van der Waals surface area contributed by atoms with Crippen molar-refractivity contribution in [2.45, 2.75) is 158 Å². The van der Waals surface area contributed by atoms with Crippen LogP contribution in [0.3, 0.4) is 0 Å². The standard InChI is InChI=1S/C36H62O10/c1-11-15-17-29(13-3)21-41-25(7)45-27(9)43-23(5)33-31(35(37)38)19-20-32(36(39)40)34(33)24(6)44-28(10)46-26(8)42-22-30(14-4)18-16-12-2/h19-20,23-30H,11-18,21-22H2,1-10H3,(H,37,38)(H,39,40). The van der Waals surface area contributed by atoms with E-state index in [1.54, 1.807) is 41.5 Å². The number of rotatable bonds is 26. The number of unbranched alkanes of at least 4 members (excludes halogenated alkanes) is 2. The van der Waals surface area contributed by atoms with E-state index in [9.17, 15) is 19.8 Å². The SMILES string of the molecule is CCCCC(CC)COC(C)OC(C)OC(C)c1c(C(=O)O)ccc(C(=O)O)c1C(C)OC(C)OC(C)OCC(CC)CCCC. The Hall–Kier alpha value is -2.08. The van der Waals surface area contributed by atoms with Gasteiger partial charge in [0.05, 0.1) is 36.5 Å². The highest BCUT2D eigenvalue weighted by Crippen LogP contribution is 2.36. The zero-order chi connectivity index (χ0) is 34.8. The summed E-state index contributed by atoms with van der Waals surface area (Å²) in [5.74, 6) is -1.53. The van der Waals surface area contributed by atoms with Crippen molar-refractivity contribution in [3.63, 3.8) is 0 Å². The van der Waals surface area contributed by atoms with Gasteiger partial charge in [-0.25, -0.2) is 9.59 Å². The lowest BCUT2D eigenvalue weighted by Crippen LogP contribution is -2.28. The van der Waals surface area contributed by atoms with Crippen molar-refractivity contribution in [3.8, 4) is 0 Å². The van der Waals surface area contributed by atoms with Gasteiger partial charge in [0.15, 0.2) is 25.2 Å². The summed E-state index contributed by atoms with van der Waals surface area (Å²) in [7, 11) is 0. The molecule has 1 rings (SSSR count). The Bertz CT molecular complexity index is 936. The fraction of sp³-hybridized carbons (Fsp3) is 0.778. The van der Waals surface area contributed by atoms with Crippen LogP contribution in [0.15, 0.2) is 12.1 Å². The number of aromatic carboxylic acids is 2. The Balaban J connectivity index is 3.09. The minimum absolute atomic E-state index is 0.0795. The molecule has 0 bridgehead atoms. The van der Waals surface area contributed by atoms with Crippen molar-refractivity contribution in [2.75, 3.05) is 13.2 Å². The molecule has 0 radical (unpaired) electrons. The van der Waals surface area contributed by atoms with Crippen molar-refractivity contribution in [1.29, 1.82) is 0 Å². The molecular formula is C36H62O10. The maximum Gasteiger partial charge on any atom is 0.336 e. The van der Waals surface area contributed by atoms with E-state index in [2.05, 4.69) is 27.7 Å². The average molecular weight is 655 g/mol. The molecule has 1 aromatic rings. The third kappa shape index (κ3) is 14.8. The molecule has 0 heterocycles. The predicted octanol–water partition coefficient (Wildman–Crippen LogP) is 9.12. The molecule has 0 aliphatic rings. The first-order valence-corrected chi connectivity index (χ1v) is 17.3. The van der Waals surface area contributed by atoms with Gasteiger partial charge < -0.3 is 38.6 Å². The van der Waals surface area contributed by atoms with Crippen molar-refractivity contribution in [3.05, 3.63) is 34.4 Å². The van der Waals surface area contributed by atoms with Crippen LogP contribution in [0.2, 0.25) is 0 Å². The Morgan fingerprint density at radius 2 is 0.935 bits per heavy atom. The molecule has 0 aliphatic heterocycles. The molecule has 0 amide bonds. The summed E-state index contributed by atoms with van der Waals surface area (Å²) in [6.45, 7) is 20.1. The maximum absolute atomic E-state index is 12.3. The zero-order valence-corrected chi connectivity index (χ0v) is 30.0. The van der Waals surface area contributed by atoms with Gasteiger partial charge >= 0.3 is 11.9 Å². The van der Waals surface area contributed by atoms with Crippen LogP contribution in [0.4, 0.5) is 0 Å². The number of carboxylic acids is 2. The van der Waals surface area contributed by atoms with Crippen LogP contribution in [-0.2, 0) is 28.4 Å². The number of hydrogen-bond acceptors (Lipinski definition) is 8. The molecule has 2 N–H and O–H groups in total. The van der Waals surface area contributed by atoms with Gasteiger partial charge in [0.1, 0.15) is 0 Å². The van der Waals surface area contributed by atoms with Gasteiger partial charge in [0, 0.05) is 11.1 Å². The third-order valence-corrected chi connectivity index (χ3v) is 8.34. The van der Waals surface area contributed by atoms with E-state index in [-0.39, 0.29) is 22.3 Å². The van der Waals surface area contributed by atoms with E-state index in [0.29, 0.717) is 25.0 Å². The lowest BCUT2D eigenvalue weighted by molar-refractivity contribution is -0.250. The first kappa shape index (κ1) is 41.9. The predicted molar refractivity (Wildman–Crippen MR) is 178 cm³/mol. The second-order valence-corrected chi connectivity index (χ2v) is 12.2. The highest BCUT2D eigenvalue weighted by atomic mass is 16.8. The Morgan fingerprint density at radius 3 is 1.22 bits per heavy atom. The Labute approximate surface area is 277 Å². The average Bonchev–Trinajstić information content (AvgIpc) is 2.99. The van der Waals surface area contributed by atoms with Gasteiger partial charge in [0.2, 0.25) is 0 Å². The highest BCUT2D eigenvalue weighted by molar-refractivity contribution is 5.95. The van der Waals surface area contributed by atoms with Crippen LogP contribution in [0.1, 0.15) is 165 Å². The van der Waals surface area contributed by atoms with Gasteiger partial charge in [0.25, 0.3) is 0 Å². The lowest BCUT2D eigenvalue weighted by Gasteiger charge is -2.29. The van der Waals surface area contributed by atoms with Crippen LogP contribution in [0.5, 0.6) is 0 Å². The van der Waals surface area contributed by atoms with Gasteiger partial charge in [-0.2, -0.15) is 0 Å². The molecule has 0 saturated carbocycles. The summed E-state index contributed by atoms with van der Waals surface area (Å²) >= 11 is 0. The van der Waals surface area contributed by atoms with Crippen molar-refractivity contribution < 1.29 is 48.2 Å². The fourth-order valence-corrected chi connectivity index (χ4v) is 5.62. The Kier molecular flexibility index (Phi) is 20.5. The zero-order valence-electron chi connectivity index (χ0n) is 30.0. The van der Waals surface area contributed by atoms with E-state index < -0.39 is 49.3 Å². The van der Waals surface area contributed by atoms with E-state index >= 15 is 0 Å². The first-order valence-electron chi connectivity index (χ1n) is 17.3. The van der Waals surface area contributed by atoms with Crippen LogP contribution in [-0.4, -0.2) is 60.5 Å². The summed E-state index contributed by atoms with van der Waals surface area (Å²) in [4.78, 5) is 24.7. The lowest BCUT2D eigenvalue weighted by atomic mass is 9.89. The molecule has 0 aliphatic carbocycles. The monoisotopic (exact) mass is 654 g/mol. The maximum atomic E-state index is 12.3. The largest absolute Gasteiger partial charge is 0.478 e. The van der Waals surface area contributed by atoms with Gasteiger partial charge in [-0.3, -0.25) is 0 Å². The molecule has 8 atom stereocenters. The quantitative estimate of drug-likeness (QED) is 0.0933. The summed E-state index contributed by atoms with van der Waals surface area (Å²) in [6.07, 6.45) is 4.44. The molecule has 0 spiro atoms. The van der Waals surface area contributed by atoms with E-state index in [1.165, 1.54) is 12.1 Å². The molecule has 10 nitrogen and oxygen atoms in total. The summed E-state index contributed by atoms with van der Waals surface area (Å²) in [6, 6.07) is 2.57.